The topological polar surface area (TPSA) is 108 Å². The Morgan fingerprint density at radius 2 is 1.48 bits per heavy atom. The molecule has 0 saturated heterocycles. The molecule has 1 atom stereocenters. The molecule has 0 radical (unpaired) electrons. The summed E-state index contributed by atoms with van der Waals surface area (Å²) in [6.45, 7) is 2.59. The predicted octanol–water partition coefficient (Wildman–Crippen LogP) is 1.68. The summed E-state index contributed by atoms with van der Waals surface area (Å²) < 4.78 is 0. The van der Waals surface area contributed by atoms with Crippen LogP contribution in [0.15, 0.2) is 0 Å². The number of aliphatic hydroxyl groups excluding tert-OH is 1. The van der Waals surface area contributed by atoms with Crippen molar-refractivity contribution in [3.63, 3.8) is 0 Å². The van der Waals surface area contributed by atoms with Crippen LogP contribution in [-0.2, 0) is 14.4 Å². The van der Waals surface area contributed by atoms with Gasteiger partial charge in [-0.3, -0.25) is 9.59 Å². The van der Waals surface area contributed by atoms with Crippen molar-refractivity contribution in [2.24, 2.45) is 0 Å². The van der Waals surface area contributed by atoms with Crippen molar-refractivity contribution < 1.29 is 19.5 Å². The van der Waals surface area contributed by atoms with Crippen LogP contribution in [0.4, 0.5) is 0 Å². The van der Waals surface area contributed by atoms with Crippen LogP contribution in [0, 0.1) is 0 Å². The second-order valence-electron chi connectivity index (χ2n) is 7.06. The third kappa shape index (κ3) is 16.4. The van der Waals surface area contributed by atoms with Crippen molar-refractivity contribution in [1.82, 2.24) is 16.0 Å². The minimum Gasteiger partial charge on any atom is -0.395 e. The molecule has 27 heavy (non-hydrogen) atoms. The molecule has 0 aliphatic rings. The Balaban J connectivity index is 4.00. The number of aliphatic hydroxyl groups is 1. The summed E-state index contributed by atoms with van der Waals surface area (Å²) in [5.74, 6) is -0.0770. The van der Waals surface area contributed by atoms with Gasteiger partial charge in [0.15, 0.2) is 0 Å². The highest BCUT2D eigenvalue weighted by atomic mass is 16.3. The molecule has 0 fully saturated rings. The van der Waals surface area contributed by atoms with Crippen LogP contribution in [-0.4, -0.2) is 55.5 Å². The lowest BCUT2D eigenvalue weighted by Crippen LogP contribution is -2.47. The van der Waals surface area contributed by atoms with Crippen LogP contribution >= 0.6 is 0 Å². The average molecular weight is 386 g/mol. The Kier molecular flexibility index (Phi) is 16.9. The van der Waals surface area contributed by atoms with Gasteiger partial charge in [0.25, 0.3) is 0 Å². The molecule has 0 spiro atoms. The first-order valence-electron chi connectivity index (χ1n) is 10.3. The Morgan fingerprint density at radius 1 is 0.852 bits per heavy atom. The molecule has 0 saturated carbocycles. The van der Waals surface area contributed by atoms with E-state index >= 15 is 0 Å². The van der Waals surface area contributed by atoms with E-state index in [9.17, 15) is 14.4 Å². The van der Waals surface area contributed by atoms with Gasteiger partial charge < -0.3 is 25.9 Å². The lowest BCUT2D eigenvalue weighted by molar-refractivity contribution is -0.129. The number of rotatable bonds is 18. The van der Waals surface area contributed by atoms with Crippen molar-refractivity contribution >= 4 is 17.6 Å². The number of unbranched alkanes of at least 4 members (excludes halogenated alkanes) is 6. The molecule has 0 aliphatic carbocycles. The summed E-state index contributed by atoms with van der Waals surface area (Å²) in [5, 5.41) is 17.4. The molecule has 0 aliphatic heterocycles. The fourth-order valence-corrected chi connectivity index (χ4v) is 2.85. The van der Waals surface area contributed by atoms with Gasteiger partial charge in [-0.05, 0) is 52.6 Å². The summed E-state index contributed by atoms with van der Waals surface area (Å²) >= 11 is 0. The first-order chi connectivity index (χ1) is 13.0. The molecule has 4 N–H and O–H groups in total. The monoisotopic (exact) mass is 385 g/mol. The number of ketones is 1. The number of Topliss-reactive ketones (excluding diaryl/α,β-unsaturated/α-hetero) is 1. The van der Waals surface area contributed by atoms with Gasteiger partial charge in [-0.2, -0.15) is 0 Å². The van der Waals surface area contributed by atoms with E-state index in [1.165, 1.54) is 0 Å². The van der Waals surface area contributed by atoms with Gasteiger partial charge in [-0.25, -0.2) is 0 Å². The summed E-state index contributed by atoms with van der Waals surface area (Å²) in [7, 11) is 1.89. The van der Waals surface area contributed by atoms with Gasteiger partial charge >= 0.3 is 0 Å². The van der Waals surface area contributed by atoms with E-state index in [4.69, 9.17) is 5.11 Å². The van der Waals surface area contributed by atoms with Gasteiger partial charge in [0, 0.05) is 19.4 Å². The summed E-state index contributed by atoms with van der Waals surface area (Å²) in [6.07, 6.45) is 9.44. The van der Waals surface area contributed by atoms with E-state index in [-0.39, 0.29) is 30.7 Å². The number of carbonyl (C=O) groups excluding carboxylic acids is 3. The molecule has 7 heteroatoms. The highest BCUT2D eigenvalue weighted by molar-refractivity contribution is 5.87. The van der Waals surface area contributed by atoms with Crippen LogP contribution in [0.1, 0.15) is 77.6 Å². The SMILES string of the molecule is CNCCCCC(NC(=O)CCCCCCCCC(C)=O)C(=O)NCCO. The predicted molar refractivity (Wildman–Crippen MR) is 107 cm³/mol. The molecule has 0 aromatic carbocycles. The molecule has 158 valence electrons. The second-order valence-corrected chi connectivity index (χ2v) is 7.06. The molecule has 0 aromatic heterocycles. The standard InChI is InChI=1S/C20H39N3O4/c1-17(25)11-7-5-3-4-6-8-13-19(26)23-18(12-9-10-14-21-2)20(27)22-15-16-24/h18,21,24H,3-16H2,1-2H3,(H,22,27)(H,23,26). The molecule has 0 heterocycles. The van der Waals surface area contributed by atoms with E-state index < -0.39 is 6.04 Å². The maximum absolute atomic E-state index is 12.1. The van der Waals surface area contributed by atoms with E-state index in [0.29, 0.717) is 19.3 Å². The van der Waals surface area contributed by atoms with Crippen LogP contribution in [0.2, 0.25) is 0 Å². The minimum atomic E-state index is -0.535. The van der Waals surface area contributed by atoms with Crippen LogP contribution in [0.5, 0.6) is 0 Å². The van der Waals surface area contributed by atoms with Gasteiger partial charge in [0.2, 0.25) is 11.8 Å². The quantitative estimate of drug-likeness (QED) is 0.269. The fraction of sp³-hybridized carbons (Fsp3) is 0.850. The van der Waals surface area contributed by atoms with Crippen molar-refractivity contribution in [2.75, 3.05) is 26.7 Å². The Morgan fingerprint density at radius 3 is 2.07 bits per heavy atom. The van der Waals surface area contributed by atoms with Gasteiger partial charge in [0.05, 0.1) is 6.61 Å². The van der Waals surface area contributed by atoms with Crippen LogP contribution < -0.4 is 16.0 Å². The first kappa shape index (κ1) is 25.5. The Labute approximate surface area is 164 Å². The molecule has 7 nitrogen and oxygen atoms in total. The van der Waals surface area contributed by atoms with E-state index in [0.717, 1.165) is 57.9 Å². The van der Waals surface area contributed by atoms with Crippen molar-refractivity contribution in [2.45, 2.75) is 83.6 Å². The van der Waals surface area contributed by atoms with Gasteiger partial charge in [0.1, 0.15) is 11.8 Å². The zero-order valence-electron chi connectivity index (χ0n) is 17.1. The molecular formula is C20H39N3O4. The smallest absolute Gasteiger partial charge is 0.242 e. The number of amides is 2. The summed E-state index contributed by atoms with van der Waals surface area (Å²) in [5.41, 5.74) is 0. The lowest BCUT2D eigenvalue weighted by Gasteiger charge is -2.18. The molecule has 0 bridgehead atoms. The molecule has 2 amide bonds. The van der Waals surface area contributed by atoms with Gasteiger partial charge in [-0.1, -0.05) is 25.7 Å². The van der Waals surface area contributed by atoms with Crippen molar-refractivity contribution in [1.29, 1.82) is 0 Å². The second kappa shape index (κ2) is 17.9. The summed E-state index contributed by atoms with van der Waals surface area (Å²) in [6, 6.07) is -0.535. The molecule has 1 unspecified atom stereocenters. The molecule has 0 aromatic rings. The van der Waals surface area contributed by atoms with Crippen LogP contribution in [0.3, 0.4) is 0 Å². The zero-order chi connectivity index (χ0) is 20.3. The van der Waals surface area contributed by atoms with Crippen molar-refractivity contribution in [3.05, 3.63) is 0 Å². The fourth-order valence-electron chi connectivity index (χ4n) is 2.85. The zero-order valence-corrected chi connectivity index (χ0v) is 17.1. The number of carbonyl (C=O) groups is 3. The largest absolute Gasteiger partial charge is 0.395 e. The maximum Gasteiger partial charge on any atom is 0.242 e. The molecule has 0 rings (SSSR count). The highest BCUT2D eigenvalue weighted by Crippen LogP contribution is 2.09. The van der Waals surface area contributed by atoms with Crippen molar-refractivity contribution in [3.8, 4) is 0 Å². The van der Waals surface area contributed by atoms with E-state index in [2.05, 4.69) is 16.0 Å². The normalized spacial score (nSPS) is 11.8. The summed E-state index contributed by atoms with van der Waals surface area (Å²) in [4.78, 5) is 35.1. The number of hydrogen-bond donors (Lipinski definition) is 4. The van der Waals surface area contributed by atoms with E-state index in [1.54, 1.807) is 6.92 Å². The number of nitrogens with one attached hydrogen (secondary N) is 3. The Bertz CT molecular complexity index is 416. The Hall–Kier alpha value is -1.47. The maximum atomic E-state index is 12.1. The first-order valence-corrected chi connectivity index (χ1v) is 10.3. The molecular weight excluding hydrogens is 346 g/mol. The van der Waals surface area contributed by atoms with Gasteiger partial charge in [-0.15, -0.1) is 0 Å². The minimum absolute atomic E-state index is 0.0932. The number of hydrogen-bond acceptors (Lipinski definition) is 5. The highest BCUT2D eigenvalue weighted by Gasteiger charge is 2.19. The third-order valence-corrected chi connectivity index (χ3v) is 4.41. The van der Waals surface area contributed by atoms with Crippen LogP contribution in [0.25, 0.3) is 0 Å². The third-order valence-electron chi connectivity index (χ3n) is 4.41. The lowest BCUT2D eigenvalue weighted by atomic mass is 10.1. The van der Waals surface area contributed by atoms with E-state index in [1.807, 2.05) is 7.05 Å². The average Bonchev–Trinajstić information content (AvgIpc) is 2.64.